The van der Waals surface area contributed by atoms with Crippen molar-refractivity contribution in [3.05, 3.63) is 13.9 Å². The summed E-state index contributed by atoms with van der Waals surface area (Å²) in [5, 5.41) is 0. The van der Waals surface area contributed by atoms with E-state index in [1.807, 2.05) is 0 Å². The fourth-order valence-corrected chi connectivity index (χ4v) is 39.9. The van der Waals surface area contributed by atoms with Crippen LogP contribution in [0.5, 0.6) is 0 Å². The third kappa shape index (κ3) is 16.8. The molecule has 0 amide bonds. The van der Waals surface area contributed by atoms with E-state index in [1.54, 1.807) is 0 Å². The molecule has 0 bridgehead atoms. The van der Waals surface area contributed by atoms with Gasteiger partial charge in [0.25, 0.3) is 0 Å². The van der Waals surface area contributed by atoms with Gasteiger partial charge in [0.15, 0.2) is 0 Å². The summed E-state index contributed by atoms with van der Waals surface area (Å²) in [6.45, 7) is 42.6. The molecule has 0 atom stereocenters. The Morgan fingerprint density at radius 3 is 0.304 bits per heavy atom. The number of hydrogen-bond donors (Lipinski definition) is 0. The molecule has 10 heteroatoms. The van der Waals surface area contributed by atoms with Crippen LogP contribution in [0.25, 0.3) is 13.9 Å². The molecule has 0 fully saturated rings. The molecular weight excluding hydrogens is 695 g/mol. The van der Waals surface area contributed by atoms with E-state index < -0.39 is 49.4 Å². The molecule has 1 radical (unpaired) electrons. The van der Waals surface area contributed by atoms with E-state index in [0.29, 0.717) is 0 Å². The Morgan fingerprint density at radius 1 is 0.196 bits per heavy atom. The van der Waals surface area contributed by atoms with E-state index >= 15 is 0 Å². The molecule has 0 aliphatic carbocycles. The van der Waals surface area contributed by atoms with E-state index in [-0.39, 0.29) is 17.4 Å². The van der Waals surface area contributed by atoms with Crippen molar-refractivity contribution >= 4 is 49.4 Å². The number of hydrogen-bond acceptors (Lipinski definition) is 0. The van der Waals surface area contributed by atoms with E-state index in [9.17, 15) is 0 Å². The van der Waals surface area contributed by atoms with Gasteiger partial charge in [0, 0.05) is 0 Å². The molecular formula is C36H90CrN3Si6. The summed E-state index contributed by atoms with van der Waals surface area (Å²) in [5.74, 6) is 0. The molecule has 0 unspecified atom stereocenters. The zero-order valence-corrected chi connectivity index (χ0v) is 42.8. The van der Waals surface area contributed by atoms with Crippen LogP contribution in [0.2, 0.25) is 109 Å². The minimum absolute atomic E-state index is 0. The topological polar surface area (TPSA) is 42.3 Å². The minimum atomic E-state index is -1.23. The first kappa shape index (κ1) is 54.5. The Balaban J connectivity index is -0.000000285. The summed E-state index contributed by atoms with van der Waals surface area (Å²) >= 11 is 0. The van der Waals surface area contributed by atoms with Crippen LogP contribution in [0.1, 0.15) is 125 Å². The van der Waals surface area contributed by atoms with Gasteiger partial charge in [0.05, 0.1) is 0 Å². The summed E-state index contributed by atoms with van der Waals surface area (Å²) < 4.78 is 16.6. The van der Waals surface area contributed by atoms with Crippen molar-refractivity contribution in [3.63, 3.8) is 0 Å². The maximum absolute atomic E-state index is 5.53. The van der Waals surface area contributed by atoms with E-state index in [2.05, 4.69) is 125 Å². The van der Waals surface area contributed by atoms with Crippen LogP contribution < -0.4 is 0 Å². The van der Waals surface area contributed by atoms with Crippen LogP contribution in [0, 0.1) is 0 Å². The molecule has 0 aromatic rings. The molecule has 0 aliphatic heterocycles. The predicted molar refractivity (Wildman–Crippen MR) is 233 cm³/mol. The van der Waals surface area contributed by atoms with Gasteiger partial charge in [0.2, 0.25) is 0 Å². The molecule has 0 N–H and O–H groups in total. The van der Waals surface area contributed by atoms with Crippen LogP contribution >= 0.6 is 0 Å². The van der Waals surface area contributed by atoms with Crippen molar-refractivity contribution in [3.8, 4) is 0 Å². The fraction of sp³-hybridized carbons (Fsp3) is 1.00. The summed E-state index contributed by atoms with van der Waals surface area (Å²) in [5.41, 5.74) is 0. The van der Waals surface area contributed by atoms with E-state index in [4.69, 9.17) is 13.9 Å². The third-order valence-electron chi connectivity index (χ3n) is 13.3. The van der Waals surface area contributed by atoms with Gasteiger partial charge >= 0.3 is 17.4 Å². The van der Waals surface area contributed by atoms with Gasteiger partial charge in [-0.1, -0.05) is 283 Å². The first-order valence-corrected chi connectivity index (χ1v) is 35.8. The molecule has 46 heavy (non-hydrogen) atoms. The van der Waals surface area contributed by atoms with E-state index in [1.165, 1.54) is 109 Å². The first-order chi connectivity index (χ1) is 21.2. The SMILES string of the molecule is CC[Si](CC)(CC)[N-][Si](CC)(CC)CC.CC[Si](CC)(CC)[N-][Si](CC)(CC)CC.CC[Si](CC)(CC)[N-][Si](CC)(CC)CC.[Cr+3]. The molecule has 0 heterocycles. The average molecular weight is 786 g/mol. The van der Waals surface area contributed by atoms with Gasteiger partial charge in [-0.05, 0) is 0 Å². The maximum atomic E-state index is 5.53. The fourth-order valence-electron chi connectivity index (χ4n) is 7.43. The molecule has 0 spiro atoms. The number of nitrogens with zero attached hydrogens (tertiary/aromatic N) is 3. The Hall–Kier alpha value is 1.71. The Labute approximate surface area is 312 Å². The summed E-state index contributed by atoms with van der Waals surface area (Å²) in [7, 11) is -7.37. The normalized spacial score (nSPS) is 12.9. The first-order valence-electron chi connectivity index (χ1n) is 20.4. The number of rotatable bonds is 24. The van der Waals surface area contributed by atoms with Crippen LogP contribution in [0.3, 0.4) is 0 Å². The molecule has 279 valence electrons. The van der Waals surface area contributed by atoms with Crippen LogP contribution in [0.4, 0.5) is 0 Å². The van der Waals surface area contributed by atoms with E-state index in [0.717, 1.165) is 0 Å². The van der Waals surface area contributed by atoms with Gasteiger partial charge in [-0.25, -0.2) is 0 Å². The minimum Gasteiger partial charge on any atom is -0.666 e. The van der Waals surface area contributed by atoms with Crippen LogP contribution in [-0.2, 0) is 17.4 Å². The molecule has 3 nitrogen and oxygen atoms in total. The van der Waals surface area contributed by atoms with Crippen molar-refractivity contribution in [1.29, 1.82) is 0 Å². The molecule has 0 aromatic heterocycles. The van der Waals surface area contributed by atoms with Gasteiger partial charge < -0.3 is 13.9 Å². The summed E-state index contributed by atoms with van der Waals surface area (Å²) in [6.07, 6.45) is 0. The summed E-state index contributed by atoms with van der Waals surface area (Å²) in [6, 6.07) is 24.4. The van der Waals surface area contributed by atoms with Gasteiger partial charge in [-0.2, -0.15) is 0 Å². The van der Waals surface area contributed by atoms with Crippen molar-refractivity contribution in [2.45, 2.75) is 233 Å². The van der Waals surface area contributed by atoms with Crippen molar-refractivity contribution in [2.75, 3.05) is 0 Å². The second-order valence-corrected chi connectivity index (χ2v) is 44.1. The Kier molecular flexibility index (Phi) is 33.5. The molecule has 0 saturated carbocycles. The molecule has 0 saturated heterocycles. The van der Waals surface area contributed by atoms with Crippen molar-refractivity contribution in [1.82, 2.24) is 0 Å². The van der Waals surface area contributed by atoms with Crippen molar-refractivity contribution in [2.24, 2.45) is 0 Å². The summed E-state index contributed by atoms with van der Waals surface area (Å²) in [4.78, 5) is 0. The quantitative estimate of drug-likeness (QED) is 0.0875. The van der Waals surface area contributed by atoms with Crippen LogP contribution in [-0.4, -0.2) is 49.4 Å². The predicted octanol–water partition coefficient (Wildman–Crippen LogP) is 16.1. The van der Waals surface area contributed by atoms with Crippen LogP contribution in [0.15, 0.2) is 0 Å². The van der Waals surface area contributed by atoms with Gasteiger partial charge in [0.1, 0.15) is 0 Å². The zero-order valence-electron chi connectivity index (χ0n) is 35.5. The van der Waals surface area contributed by atoms with Gasteiger partial charge in [-0.15, -0.1) is 0 Å². The smallest absolute Gasteiger partial charge is 0.666 e. The average Bonchev–Trinajstić information content (AvgIpc) is 3.12. The monoisotopic (exact) mass is 785 g/mol. The second kappa shape index (κ2) is 28.3. The largest absolute Gasteiger partial charge is 3.00 e. The van der Waals surface area contributed by atoms with Crippen molar-refractivity contribution < 1.29 is 17.4 Å². The molecule has 0 aliphatic rings. The molecule has 0 rings (SSSR count). The maximum Gasteiger partial charge on any atom is 3.00 e. The molecule has 0 aromatic carbocycles. The van der Waals surface area contributed by atoms with Gasteiger partial charge in [-0.3, -0.25) is 0 Å². The third-order valence-corrected chi connectivity index (χ3v) is 48.3. The standard InChI is InChI=1S/3C12H30NSi2.Cr/c3*1-7-14(8-2,9-3)13-15(10-4,11-5)12-6;/h3*7-12H2,1-6H3;/q3*-1;+3. The zero-order chi connectivity index (χ0) is 35.8. The Morgan fingerprint density at radius 2 is 0.261 bits per heavy atom. The second-order valence-electron chi connectivity index (χ2n) is 14.0. The Bertz CT molecular complexity index is 483.